The topological polar surface area (TPSA) is 38.9 Å². The van der Waals surface area contributed by atoms with Gasteiger partial charge in [0.2, 0.25) is 11.8 Å². The van der Waals surface area contributed by atoms with E-state index in [0.717, 1.165) is 11.1 Å². The third kappa shape index (κ3) is 2.84. The fourth-order valence-corrected chi connectivity index (χ4v) is 2.59. The quantitative estimate of drug-likeness (QED) is 0.510. The van der Waals surface area contributed by atoms with E-state index < -0.39 is 0 Å². The number of hydrogen-bond donors (Lipinski definition) is 0. The summed E-state index contributed by atoms with van der Waals surface area (Å²) in [5, 5.41) is 8.30. The lowest BCUT2D eigenvalue weighted by Gasteiger charge is -2.03. The van der Waals surface area contributed by atoms with Crippen LogP contribution in [0, 0.1) is 6.92 Å². The normalized spacial score (nSPS) is 10.7. The second-order valence-corrected chi connectivity index (χ2v) is 5.72. The fourth-order valence-electron chi connectivity index (χ4n) is 2.59. The minimum atomic E-state index is 0.532. The van der Waals surface area contributed by atoms with Gasteiger partial charge in [0.15, 0.2) is 0 Å². The van der Waals surface area contributed by atoms with Gasteiger partial charge in [-0.3, -0.25) is 0 Å². The summed E-state index contributed by atoms with van der Waals surface area (Å²) in [6, 6.07) is 26.5. The van der Waals surface area contributed by atoms with Crippen LogP contribution in [0.25, 0.3) is 34.0 Å². The van der Waals surface area contributed by atoms with Crippen molar-refractivity contribution in [2.75, 3.05) is 0 Å². The molecule has 0 N–H and O–H groups in total. The Balaban J connectivity index is 1.61. The lowest BCUT2D eigenvalue weighted by Crippen LogP contribution is -1.81. The van der Waals surface area contributed by atoms with Gasteiger partial charge >= 0.3 is 0 Å². The number of rotatable bonds is 3. The molecular weight excluding hydrogens is 296 g/mol. The zero-order valence-corrected chi connectivity index (χ0v) is 13.3. The first kappa shape index (κ1) is 14.4. The Morgan fingerprint density at radius 2 is 1.00 bits per heavy atom. The highest BCUT2D eigenvalue weighted by Crippen LogP contribution is 2.26. The Kier molecular flexibility index (Phi) is 3.67. The van der Waals surface area contributed by atoms with Crippen molar-refractivity contribution in [3.05, 3.63) is 84.4 Å². The van der Waals surface area contributed by atoms with Crippen LogP contribution in [-0.4, -0.2) is 10.2 Å². The van der Waals surface area contributed by atoms with Gasteiger partial charge in [-0.1, -0.05) is 60.2 Å². The second kappa shape index (κ2) is 6.13. The van der Waals surface area contributed by atoms with E-state index in [4.69, 9.17) is 4.42 Å². The van der Waals surface area contributed by atoms with Crippen LogP contribution in [-0.2, 0) is 0 Å². The van der Waals surface area contributed by atoms with Gasteiger partial charge < -0.3 is 4.42 Å². The van der Waals surface area contributed by atoms with Crippen LogP contribution < -0.4 is 0 Å². The average Bonchev–Trinajstić information content (AvgIpc) is 3.13. The fraction of sp³-hybridized carbons (Fsp3) is 0.0476. The van der Waals surface area contributed by atoms with E-state index in [9.17, 15) is 0 Å². The number of aryl methyl sites for hydroxylation is 1. The largest absolute Gasteiger partial charge is 0.416 e. The predicted octanol–water partition coefficient (Wildman–Crippen LogP) is 5.38. The van der Waals surface area contributed by atoms with E-state index in [0.29, 0.717) is 11.8 Å². The molecule has 0 saturated carbocycles. The first-order chi connectivity index (χ1) is 11.8. The monoisotopic (exact) mass is 312 g/mol. The third-order valence-corrected chi connectivity index (χ3v) is 3.96. The van der Waals surface area contributed by atoms with Crippen molar-refractivity contribution in [2.45, 2.75) is 6.92 Å². The molecule has 116 valence electrons. The SMILES string of the molecule is Cc1ccc(-c2ccc(-c3nnc(-c4ccccc4)o3)cc2)cc1. The van der Waals surface area contributed by atoms with Crippen molar-refractivity contribution >= 4 is 0 Å². The third-order valence-electron chi connectivity index (χ3n) is 3.96. The van der Waals surface area contributed by atoms with Gasteiger partial charge in [-0.2, -0.15) is 0 Å². The molecule has 0 atom stereocenters. The molecule has 1 aromatic heterocycles. The van der Waals surface area contributed by atoms with E-state index in [2.05, 4.69) is 53.5 Å². The van der Waals surface area contributed by atoms with Crippen LogP contribution in [0.1, 0.15) is 5.56 Å². The van der Waals surface area contributed by atoms with Gasteiger partial charge in [0, 0.05) is 11.1 Å². The summed E-state index contributed by atoms with van der Waals surface area (Å²) in [4.78, 5) is 0. The highest BCUT2D eigenvalue weighted by molar-refractivity contribution is 5.67. The number of hydrogen-bond acceptors (Lipinski definition) is 3. The Labute approximate surface area is 140 Å². The molecule has 24 heavy (non-hydrogen) atoms. The molecule has 0 bridgehead atoms. The van der Waals surface area contributed by atoms with Crippen LogP contribution in [0.2, 0.25) is 0 Å². The molecule has 0 spiro atoms. The predicted molar refractivity (Wildman–Crippen MR) is 95.3 cm³/mol. The summed E-state index contributed by atoms with van der Waals surface area (Å²) in [6.07, 6.45) is 0. The molecule has 0 unspecified atom stereocenters. The van der Waals surface area contributed by atoms with Crippen molar-refractivity contribution < 1.29 is 4.42 Å². The van der Waals surface area contributed by atoms with Crippen LogP contribution in [0.3, 0.4) is 0 Å². The maximum atomic E-state index is 5.79. The lowest BCUT2D eigenvalue weighted by molar-refractivity contribution is 0.584. The summed E-state index contributed by atoms with van der Waals surface area (Å²) in [5.41, 5.74) is 5.46. The van der Waals surface area contributed by atoms with Gasteiger partial charge in [0.1, 0.15) is 0 Å². The van der Waals surface area contributed by atoms with Crippen molar-refractivity contribution in [1.82, 2.24) is 10.2 Å². The maximum absolute atomic E-state index is 5.79. The molecule has 0 aliphatic rings. The minimum absolute atomic E-state index is 0.532. The number of nitrogens with zero attached hydrogens (tertiary/aromatic N) is 2. The molecule has 0 fully saturated rings. The first-order valence-corrected chi connectivity index (χ1v) is 7.86. The van der Waals surface area contributed by atoms with Crippen molar-refractivity contribution in [1.29, 1.82) is 0 Å². The zero-order valence-electron chi connectivity index (χ0n) is 13.3. The Bertz CT molecular complexity index is 939. The summed E-state index contributed by atoms with van der Waals surface area (Å²) in [7, 11) is 0. The molecule has 0 radical (unpaired) electrons. The minimum Gasteiger partial charge on any atom is -0.416 e. The van der Waals surface area contributed by atoms with Gasteiger partial charge in [-0.25, -0.2) is 0 Å². The summed E-state index contributed by atoms with van der Waals surface area (Å²) in [5.74, 6) is 1.07. The van der Waals surface area contributed by atoms with Gasteiger partial charge in [-0.15, -0.1) is 10.2 Å². The summed E-state index contributed by atoms with van der Waals surface area (Å²) in [6.45, 7) is 2.09. The van der Waals surface area contributed by atoms with Crippen LogP contribution in [0.4, 0.5) is 0 Å². The second-order valence-electron chi connectivity index (χ2n) is 5.72. The Morgan fingerprint density at radius 1 is 0.542 bits per heavy atom. The molecule has 1 heterocycles. The van der Waals surface area contributed by atoms with Crippen molar-refractivity contribution in [2.24, 2.45) is 0 Å². The molecule has 4 aromatic rings. The molecule has 0 amide bonds. The highest BCUT2D eigenvalue weighted by Gasteiger charge is 2.10. The maximum Gasteiger partial charge on any atom is 0.248 e. The lowest BCUT2D eigenvalue weighted by atomic mass is 10.0. The summed E-state index contributed by atoms with van der Waals surface area (Å²) < 4.78 is 5.79. The molecule has 3 nitrogen and oxygen atoms in total. The Hall–Kier alpha value is -3.20. The molecule has 4 rings (SSSR count). The van der Waals surface area contributed by atoms with E-state index >= 15 is 0 Å². The van der Waals surface area contributed by atoms with E-state index in [1.54, 1.807) is 0 Å². The van der Waals surface area contributed by atoms with Crippen molar-refractivity contribution in [3.63, 3.8) is 0 Å². The molecule has 3 heteroatoms. The molecular formula is C21H16N2O. The van der Waals surface area contributed by atoms with Gasteiger partial charge in [-0.05, 0) is 42.3 Å². The van der Waals surface area contributed by atoms with Crippen LogP contribution >= 0.6 is 0 Å². The highest BCUT2D eigenvalue weighted by atomic mass is 16.4. The standard InChI is InChI=1S/C21H16N2O/c1-15-7-9-16(10-8-15)17-11-13-19(14-12-17)21-23-22-20(24-21)18-5-3-2-4-6-18/h2-14H,1H3. The van der Waals surface area contributed by atoms with Crippen LogP contribution in [0.5, 0.6) is 0 Å². The molecule has 0 saturated heterocycles. The van der Waals surface area contributed by atoms with E-state index in [1.165, 1.54) is 16.7 Å². The first-order valence-electron chi connectivity index (χ1n) is 7.86. The number of aromatic nitrogens is 2. The zero-order chi connectivity index (χ0) is 16.4. The average molecular weight is 312 g/mol. The molecule has 0 aliphatic carbocycles. The van der Waals surface area contributed by atoms with Crippen LogP contribution in [0.15, 0.2) is 83.3 Å². The number of benzene rings is 3. The molecule has 0 aliphatic heterocycles. The Morgan fingerprint density at radius 3 is 1.58 bits per heavy atom. The van der Waals surface area contributed by atoms with E-state index in [-0.39, 0.29) is 0 Å². The summed E-state index contributed by atoms with van der Waals surface area (Å²) >= 11 is 0. The van der Waals surface area contributed by atoms with Gasteiger partial charge in [0.05, 0.1) is 0 Å². The smallest absolute Gasteiger partial charge is 0.248 e. The van der Waals surface area contributed by atoms with Crippen molar-refractivity contribution in [3.8, 4) is 34.0 Å². The van der Waals surface area contributed by atoms with Gasteiger partial charge in [0.25, 0.3) is 0 Å². The van der Waals surface area contributed by atoms with E-state index in [1.807, 2.05) is 42.5 Å². The molecule has 3 aromatic carbocycles.